The Labute approximate surface area is 118 Å². The molecule has 4 aromatic rings. The van der Waals surface area contributed by atoms with E-state index < -0.39 is 0 Å². The number of hydrogen-bond acceptors (Lipinski definition) is 0. The van der Waals surface area contributed by atoms with Crippen molar-refractivity contribution in [3.05, 3.63) is 72.8 Å². The molecular weight excluding hydrogens is 240 g/mol. The van der Waals surface area contributed by atoms with Crippen LogP contribution in [0.15, 0.2) is 72.8 Å². The van der Waals surface area contributed by atoms with Gasteiger partial charge in [0.15, 0.2) is 0 Å². The van der Waals surface area contributed by atoms with Crippen LogP contribution >= 0.6 is 0 Å². The fraction of sp³-hybridized carbons (Fsp3) is 0. The Morgan fingerprint density at radius 1 is 0.600 bits per heavy atom. The Morgan fingerprint density at radius 2 is 1.45 bits per heavy atom. The summed E-state index contributed by atoms with van der Waals surface area (Å²) in [5, 5.41) is 4.93. The number of fused-ring (bicyclic) bond motifs is 5. The van der Waals surface area contributed by atoms with Gasteiger partial charge in [-0.1, -0.05) is 72.8 Å². The summed E-state index contributed by atoms with van der Waals surface area (Å²) in [6.07, 6.45) is 0. The second kappa shape index (κ2) is 3.49. The van der Waals surface area contributed by atoms with Crippen LogP contribution in [-0.2, 0) is 0 Å². The molecule has 5 rings (SSSR count). The SMILES string of the molecule is [2H]c1ccc2cccc3c2c1-c1c-3ccc2ccccc12. The van der Waals surface area contributed by atoms with Crippen molar-refractivity contribution in [2.24, 2.45) is 0 Å². The first-order valence-corrected chi connectivity index (χ1v) is 6.89. The molecule has 0 radical (unpaired) electrons. The van der Waals surface area contributed by atoms with Crippen molar-refractivity contribution in [1.82, 2.24) is 0 Å². The highest BCUT2D eigenvalue weighted by atomic mass is 14.2. The van der Waals surface area contributed by atoms with E-state index in [1.165, 1.54) is 38.2 Å². The Bertz CT molecular complexity index is 1040. The summed E-state index contributed by atoms with van der Waals surface area (Å²) in [5.41, 5.74) is 4.84. The molecule has 92 valence electrons. The molecule has 0 atom stereocenters. The lowest BCUT2D eigenvalue weighted by molar-refractivity contribution is 1.73. The third-order valence-electron chi connectivity index (χ3n) is 4.31. The fourth-order valence-electron chi connectivity index (χ4n) is 3.46. The van der Waals surface area contributed by atoms with Gasteiger partial charge in [0.2, 0.25) is 0 Å². The molecule has 20 heavy (non-hydrogen) atoms. The monoisotopic (exact) mass is 253 g/mol. The predicted molar refractivity (Wildman–Crippen MR) is 85.9 cm³/mol. The lowest BCUT2D eigenvalue weighted by Crippen LogP contribution is -1.80. The maximum atomic E-state index is 8.39. The lowest BCUT2D eigenvalue weighted by atomic mass is 9.97. The van der Waals surface area contributed by atoms with Crippen LogP contribution < -0.4 is 0 Å². The molecule has 0 N–H and O–H groups in total. The molecule has 4 aromatic carbocycles. The van der Waals surface area contributed by atoms with E-state index in [4.69, 9.17) is 1.37 Å². The maximum Gasteiger partial charge on any atom is 0.0629 e. The van der Waals surface area contributed by atoms with Gasteiger partial charge in [-0.25, -0.2) is 0 Å². The summed E-state index contributed by atoms with van der Waals surface area (Å²) in [4.78, 5) is 0. The zero-order valence-corrected chi connectivity index (χ0v) is 10.9. The Kier molecular flexibility index (Phi) is 1.63. The molecule has 0 unspecified atom stereocenters. The molecule has 0 amide bonds. The highest BCUT2D eigenvalue weighted by Gasteiger charge is 2.22. The summed E-state index contributed by atoms with van der Waals surface area (Å²) in [6, 6.07) is 23.8. The molecule has 1 aliphatic carbocycles. The van der Waals surface area contributed by atoms with Gasteiger partial charge in [0, 0.05) is 0 Å². The highest BCUT2D eigenvalue weighted by Crippen LogP contribution is 2.49. The topological polar surface area (TPSA) is 0 Å². The zero-order chi connectivity index (χ0) is 14.0. The summed E-state index contributed by atoms with van der Waals surface area (Å²) in [7, 11) is 0. The predicted octanol–water partition coefficient (Wildman–Crippen LogP) is 5.64. The second-order valence-electron chi connectivity index (χ2n) is 5.33. The van der Waals surface area contributed by atoms with Crippen LogP contribution in [0.2, 0.25) is 0 Å². The Balaban J connectivity index is 2.10. The first-order valence-electron chi connectivity index (χ1n) is 7.39. The Morgan fingerprint density at radius 3 is 2.45 bits per heavy atom. The van der Waals surface area contributed by atoms with Crippen molar-refractivity contribution in [2.75, 3.05) is 0 Å². The number of rotatable bonds is 0. The smallest absolute Gasteiger partial charge is 0.0616 e. The van der Waals surface area contributed by atoms with Gasteiger partial charge in [-0.05, 0) is 43.8 Å². The largest absolute Gasteiger partial charge is 0.0629 e. The van der Waals surface area contributed by atoms with Crippen LogP contribution in [0.1, 0.15) is 1.37 Å². The normalized spacial score (nSPS) is 12.7. The lowest BCUT2D eigenvalue weighted by Gasteiger charge is -2.06. The molecule has 0 saturated carbocycles. The van der Waals surface area contributed by atoms with Crippen molar-refractivity contribution in [2.45, 2.75) is 0 Å². The van der Waals surface area contributed by atoms with Gasteiger partial charge in [-0.2, -0.15) is 0 Å². The summed E-state index contributed by atoms with van der Waals surface area (Å²) >= 11 is 0. The van der Waals surface area contributed by atoms with Gasteiger partial charge in [0.05, 0.1) is 1.37 Å². The van der Waals surface area contributed by atoms with E-state index in [1.54, 1.807) is 0 Å². The summed E-state index contributed by atoms with van der Waals surface area (Å²) in [5.74, 6) is 0. The average molecular weight is 253 g/mol. The van der Waals surface area contributed by atoms with Crippen LogP contribution in [-0.4, -0.2) is 0 Å². The second-order valence-corrected chi connectivity index (χ2v) is 5.33. The molecule has 0 heterocycles. The van der Waals surface area contributed by atoms with Crippen molar-refractivity contribution in [3.63, 3.8) is 0 Å². The van der Waals surface area contributed by atoms with E-state index in [0.29, 0.717) is 6.04 Å². The summed E-state index contributed by atoms with van der Waals surface area (Å²) in [6.45, 7) is 0. The first kappa shape index (κ1) is 9.33. The van der Waals surface area contributed by atoms with Crippen LogP contribution in [0.4, 0.5) is 0 Å². The average Bonchev–Trinajstić information content (AvgIpc) is 2.88. The van der Waals surface area contributed by atoms with Gasteiger partial charge in [0.1, 0.15) is 0 Å². The van der Waals surface area contributed by atoms with Crippen molar-refractivity contribution in [3.8, 4) is 22.3 Å². The quantitative estimate of drug-likeness (QED) is 0.335. The highest BCUT2D eigenvalue weighted by molar-refractivity contribution is 6.21. The van der Waals surface area contributed by atoms with Gasteiger partial charge >= 0.3 is 0 Å². The molecule has 0 spiro atoms. The molecule has 0 bridgehead atoms. The zero-order valence-electron chi connectivity index (χ0n) is 11.9. The third-order valence-corrected chi connectivity index (χ3v) is 4.31. The molecule has 1 aliphatic rings. The minimum Gasteiger partial charge on any atom is -0.0616 e. The van der Waals surface area contributed by atoms with E-state index in [9.17, 15) is 0 Å². The molecule has 0 fully saturated rings. The van der Waals surface area contributed by atoms with Gasteiger partial charge < -0.3 is 0 Å². The van der Waals surface area contributed by atoms with Gasteiger partial charge in [-0.3, -0.25) is 0 Å². The van der Waals surface area contributed by atoms with E-state index in [1.807, 2.05) is 6.07 Å². The van der Waals surface area contributed by atoms with E-state index in [0.717, 1.165) is 5.56 Å². The molecule has 0 nitrogen and oxygen atoms in total. The minimum absolute atomic E-state index is 0.616. The van der Waals surface area contributed by atoms with Crippen molar-refractivity contribution >= 4 is 21.5 Å². The minimum atomic E-state index is 0.616. The van der Waals surface area contributed by atoms with E-state index >= 15 is 0 Å². The number of benzene rings is 4. The first-order chi connectivity index (χ1) is 10.3. The van der Waals surface area contributed by atoms with Crippen LogP contribution in [0.5, 0.6) is 0 Å². The number of hydrogen-bond donors (Lipinski definition) is 0. The van der Waals surface area contributed by atoms with Crippen LogP contribution in [0.25, 0.3) is 43.8 Å². The molecule has 0 aromatic heterocycles. The van der Waals surface area contributed by atoms with E-state index in [-0.39, 0.29) is 0 Å². The van der Waals surface area contributed by atoms with Gasteiger partial charge in [-0.15, -0.1) is 0 Å². The van der Waals surface area contributed by atoms with Gasteiger partial charge in [0.25, 0.3) is 0 Å². The molecule has 0 heteroatoms. The summed E-state index contributed by atoms with van der Waals surface area (Å²) < 4.78 is 8.39. The third kappa shape index (κ3) is 1.12. The fourth-order valence-corrected chi connectivity index (χ4v) is 3.46. The van der Waals surface area contributed by atoms with E-state index in [2.05, 4.69) is 60.7 Å². The molecule has 0 aliphatic heterocycles. The molecule has 0 saturated heterocycles. The molecular formula is C20H12. The standard InChI is InChI=1S/C20H12/c1-2-8-15-13(5-1)11-12-17-16-9-3-6-14-7-4-10-18(19(14)16)20(15)17/h1-12H/i10D. The Hall–Kier alpha value is -2.60. The van der Waals surface area contributed by atoms with Crippen LogP contribution in [0, 0.1) is 0 Å². The van der Waals surface area contributed by atoms with Crippen molar-refractivity contribution < 1.29 is 1.37 Å². The maximum absolute atomic E-state index is 8.39. The van der Waals surface area contributed by atoms with Crippen molar-refractivity contribution in [1.29, 1.82) is 0 Å². The van der Waals surface area contributed by atoms with Crippen LogP contribution in [0.3, 0.4) is 0 Å².